The Morgan fingerprint density at radius 1 is 1.06 bits per heavy atom. The molecule has 1 heterocycles. The summed E-state index contributed by atoms with van der Waals surface area (Å²) >= 11 is 0. The van der Waals surface area contributed by atoms with Gasteiger partial charge in [0.2, 0.25) is 0 Å². The third-order valence-electron chi connectivity index (χ3n) is 7.47. The fourth-order valence-corrected chi connectivity index (χ4v) is 5.91. The van der Waals surface area contributed by atoms with E-state index in [0.717, 1.165) is 30.6 Å². The standard InChI is InChI=1S/C26H44O6Si/c1-25(2,3)33(7,8)32-22-19(16-27)10-9-11-21-23(31-26(4,5)30-21)24(22)29-17-18-12-14-20(28-6)15-13-18/h12-15,19,21-24,27H,9-11,16-17H2,1-8H3/t19-,21+,22+,23+,24+/m1/s1. The van der Waals surface area contributed by atoms with Crippen molar-refractivity contribution in [2.24, 2.45) is 5.92 Å². The summed E-state index contributed by atoms with van der Waals surface area (Å²) in [5.41, 5.74) is 1.05. The van der Waals surface area contributed by atoms with Crippen molar-refractivity contribution >= 4 is 8.32 Å². The Labute approximate surface area is 201 Å². The molecule has 6 nitrogen and oxygen atoms in total. The van der Waals surface area contributed by atoms with E-state index in [1.165, 1.54) is 0 Å². The van der Waals surface area contributed by atoms with Gasteiger partial charge in [-0.3, -0.25) is 0 Å². The maximum atomic E-state index is 10.4. The van der Waals surface area contributed by atoms with Crippen molar-refractivity contribution in [1.29, 1.82) is 0 Å². The topological polar surface area (TPSA) is 66.4 Å². The molecule has 188 valence electrons. The summed E-state index contributed by atoms with van der Waals surface area (Å²) < 4.78 is 31.6. The van der Waals surface area contributed by atoms with E-state index in [2.05, 4.69) is 33.9 Å². The lowest BCUT2D eigenvalue weighted by atomic mass is 9.84. The molecule has 1 saturated heterocycles. The van der Waals surface area contributed by atoms with Crippen molar-refractivity contribution in [1.82, 2.24) is 0 Å². The molecule has 0 bridgehead atoms. The zero-order chi connectivity index (χ0) is 24.4. The van der Waals surface area contributed by atoms with Gasteiger partial charge >= 0.3 is 0 Å². The summed E-state index contributed by atoms with van der Waals surface area (Å²) in [5.74, 6) is 0.143. The van der Waals surface area contributed by atoms with Crippen molar-refractivity contribution in [2.75, 3.05) is 13.7 Å². The van der Waals surface area contributed by atoms with Gasteiger partial charge in [0.25, 0.3) is 0 Å². The van der Waals surface area contributed by atoms with E-state index in [0.29, 0.717) is 6.61 Å². The van der Waals surface area contributed by atoms with Crippen LogP contribution in [0.4, 0.5) is 0 Å². The highest BCUT2D eigenvalue weighted by Crippen LogP contribution is 2.43. The van der Waals surface area contributed by atoms with Crippen LogP contribution >= 0.6 is 0 Å². The summed E-state index contributed by atoms with van der Waals surface area (Å²) in [4.78, 5) is 0. The molecule has 33 heavy (non-hydrogen) atoms. The fourth-order valence-electron chi connectivity index (χ4n) is 4.54. The predicted molar refractivity (Wildman–Crippen MR) is 132 cm³/mol. The number of aliphatic hydroxyl groups excluding tert-OH is 1. The Kier molecular flexibility index (Phi) is 8.35. The van der Waals surface area contributed by atoms with Gasteiger partial charge < -0.3 is 28.5 Å². The summed E-state index contributed by atoms with van der Waals surface area (Å²) in [7, 11) is -0.472. The molecule has 2 aliphatic rings. The first-order chi connectivity index (χ1) is 15.4. The van der Waals surface area contributed by atoms with Crippen LogP contribution in [-0.2, 0) is 25.2 Å². The molecule has 1 aliphatic carbocycles. The highest BCUT2D eigenvalue weighted by Gasteiger charge is 2.52. The van der Waals surface area contributed by atoms with E-state index in [4.69, 9.17) is 23.4 Å². The lowest BCUT2D eigenvalue weighted by Crippen LogP contribution is -2.56. The molecule has 2 fully saturated rings. The van der Waals surface area contributed by atoms with Gasteiger partial charge in [-0.25, -0.2) is 0 Å². The third-order valence-corrected chi connectivity index (χ3v) is 11.9. The minimum Gasteiger partial charge on any atom is -0.497 e. The van der Waals surface area contributed by atoms with E-state index < -0.39 is 14.1 Å². The minimum absolute atomic E-state index is 0.00625. The van der Waals surface area contributed by atoms with Crippen LogP contribution in [0.15, 0.2) is 24.3 Å². The molecule has 1 aromatic rings. The van der Waals surface area contributed by atoms with Crippen LogP contribution in [0, 0.1) is 5.92 Å². The van der Waals surface area contributed by atoms with E-state index >= 15 is 0 Å². The lowest BCUT2D eigenvalue weighted by Gasteiger charge is -2.46. The van der Waals surface area contributed by atoms with Gasteiger partial charge in [0, 0.05) is 12.5 Å². The second-order valence-electron chi connectivity index (χ2n) is 11.5. The van der Waals surface area contributed by atoms with Crippen LogP contribution in [0.2, 0.25) is 18.1 Å². The molecule has 7 heteroatoms. The lowest BCUT2D eigenvalue weighted by molar-refractivity contribution is -0.176. The largest absolute Gasteiger partial charge is 0.497 e. The van der Waals surface area contributed by atoms with Crippen LogP contribution in [-0.4, -0.2) is 57.3 Å². The third kappa shape index (κ3) is 6.38. The van der Waals surface area contributed by atoms with Gasteiger partial charge in [-0.1, -0.05) is 39.3 Å². The van der Waals surface area contributed by atoms with E-state index in [-0.39, 0.29) is 42.0 Å². The van der Waals surface area contributed by atoms with Gasteiger partial charge in [-0.05, 0) is 62.5 Å². The minimum atomic E-state index is -2.14. The molecule has 0 unspecified atom stereocenters. The van der Waals surface area contributed by atoms with Crippen molar-refractivity contribution in [3.63, 3.8) is 0 Å². The Morgan fingerprint density at radius 2 is 1.73 bits per heavy atom. The molecule has 1 N–H and O–H groups in total. The molecular weight excluding hydrogens is 436 g/mol. The van der Waals surface area contributed by atoms with Gasteiger partial charge in [0.05, 0.1) is 25.9 Å². The smallest absolute Gasteiger partial charge is 0.192 e. The first kappa shape index (κ1) is 26.6. The van der Waals surface area contributed by atoms with Crippen LogP contribution in [0.3, 0.4) is 0 Å². The molecule has 1 aromatic carbocycles. The average Bonchev–Trinajstić information content (AvgIpc) is 3.03. The molecular formula is C26H44O6Si. The molecule has 1 aliphatic heterocycles. The second-order valence-corrected chi connectivity index (χ2v) is 16.2. The van der Waals surface area contributed by atoms with Crippen molar-refractivity contribution in [3.8, 4) is 5.75 Å². The van der Waals surface area contributed by atoms with E-state index in [1.807, 2.05) is 38.1 Å². The number of ether oxygens (including phenoxy) is 4. The number of rotatable bonds is 7. The Morgan fingerprint density at radius 3 is 2.30 bits per heavy atom. The van der Waals surface area contributed by atoms with Crippen molar-refractivity contribution in [3.05, 3.63) is 29.8 Å². The summed E-state index contributed by atoms with van der Waals surface area (Å²) in [6.07, 6.45) is 1.83. The van der Waals surface area contributed by atoms with E-state index in [1.54, 1.807) is 7.11 Å². The van der Waals surface area contributed by atoms with Crippen LogP contribution in [0.1, 0.15) is 59.4 Å². The number of fused-ring (bicyclic) bond motifs is 1. The number of hydrogen-bond donors (Lipinski definition) is 1. The molecule has 5 atom stereocenters. The molecule has 0 spiro atoms. The number of hydrogen-bond acceptors (Lipinski definition) is 6. The van der Waals surface area contributed by atoms with E-state index in [9.17, 15) is 5.11 Å². The molecule has 3 rings (SSSR count). The van der Waals surface area contributed by atoms with Crippen LogP contribution in [0.25, 0.3) is 0 Å². The first-order valence-corrected chi connectivity index (χ1v) is 15.2. The van der Waals surface area contributed by atoms with Gasteiger partial charge in [0.15, 0.2) is 14.1 Å². The number of methoxy groups -OCH3 is 1. The van der Waals surface area contributed by atoms with Crippen molar-refractivity contribution < 1.29 is 28.5 Å². The fraction of sp³-hybridized carbons (Fsp3) is 0.769. The maximum absolute atomic E-state index is 10.4. The monoisotopic (exact) mass is 480 g/mol. The summed E-state index contributed by atoms with van der Waals surface area (Å²) in [5, 5.41) is 10.4. The molecule has 0 radical (unpaired) electrons. The zero-order valence-electron chi connectivity index (χ0n) is 21.7. The second kappa shape index (κ2) is 10.3. The Balaban J connectivity index is 1.93. The number of benzene rings is 1. The first-order valence-electron chi connectivity index (χ1n) is 12.3. The van der Waals surface area contributed by atoms with Crippen molar-refractivity contribution in [2.45, 2.75) is 109 Å². The summed E-state index contributed by atoms with van der Waals surface area (Å²) in [6, 6.07) is 7.92. The molecule has 0 amide bonds. The SMILES string of the molecule is COc1ccc(CO[C@@H]2[C@H]3OC(C)(C)O[C@H]3CCC[C@H](CO)[C@@H]2O[Si](C)(C)C(C)(C)C)cc1. The average molecular weight is 481 g/mol. The maximum Gasteiger partial charge on any atom is 0.192 e. The quantitative estimate of drug-likeness (QED) is 0.536. The molecule has 1 saturated carbocycles. The highest BCUT2D eigenvalue weighted by atomic mass is 28.4. The Hall–Kier alpha value is -0.963. The predicted octanol–water partition coefficient (Wildman–Crippen LogP) is 5.28. The van der Waals surface area contributed by atoms with Crippen LogP contribution in [0.5, 0.6) is 5.75 Å². The van der Waals surface area contributed by atoms with Gasteiger partial charge in [-0.2, -0.15) is 0 Å². The zero-order valence-corrected chi connectivity index (χ0v) is 22.7. The van der Waals surface area contributed by atoms with Gasteiger partial charge in [-0.15, -0.1) is 0 Å². The molecule has 0 aromatic heterocycles. The summed E-state index contributed by atoms with van der Waals surface area (Å²) in [6.45, 7) is 15.7. The normalized spacial score (nSPS) is 30.4. The van der Waals surface area contributed by atoms with Gasteiger partial charge in [0.1, 0.15) is 18.0 Å². The van der Waals surface area contributed by atoms with Crippen LogP contribution < -0.4 is 4.74 Å². The Bertz CT molecular complexity index is 757. The highest BCUT2D eigenvalue weighted by molar-refractivity contribution is 6.74. The number of aliphatic hydroxyl groups is 1.